The lowest BCUT2D eigenvalue weighted by Gasteiger charge is -2.33. The molecule has 464 valence electrons. The van der Waals surface area contributed by atoms with Gasteiger partial charge in [-0.25, -0.2) is 23.7 Å². The van der Waals surface area contributed by atoms with Gasteiger partial charge in [-0.1, -0.05) is 93.2 Å². The SMILES string of the molecule is CN1Cc2c(Cl)cc(Cl)cc2[C@H](c2cccc(-c3cn(CCOCCOCCOCCNC(=O)NCCNC(=O)NCCNC(=O)NCCOCCOCCOCCn4cc(-c5cccc([C@@H]6CN(C)Cc7c(Cl)cc(Cl)cc76)c5)nn4)nn3)c2)C1. The maximum absolute atomic E-state index is 12.1. The number of fused-ring (bicyclic) bond motifs is 2. The Morgan fingerprint density at radius 2 is 0.814 bits per heavy atom. The summed E-state index contributed by atoms with van der Waals surface area (Å²) in [5.41, 5.74) is 10.4. The average molecular weight is 1270 g/mol. The molecule has 23 nitrogen and oxygen atoms in total. The van der Waals surface area contributed by atoms with Crippen LogP contribution in [0.4, 0.5) is 14.4 Å². The Morgan fingerprint density at radius 1 is 0.465 bits per heavy atom. The number of carbonyl (C=O) groups excluding carboxylic acids is 3. The van der Waals surface area contributed by atoms with Crippen LogP contribution >= 0.6 is 46.4 Å². The van der Waals surface area contributed by atoms with Gasteiger partial charge in [0.05, 0.1) is 105 Å². The van der Waals surface area contributed by atoms with Crippen molar-refractivity contribution in [1.82, 2.24) is 71.7 Å². The molecule has 0 aliphatic carbocycles. The lowest BCUT2D eigenvalue weighted by Crippen LogP contribution is -2.45. The van der Waals surface area contributed by atoms with Crippen molar-refractivity contribution in [3.63, 3.8) is 0 Å². The maximum Gasteiger partial charge on any atom is 0.314 e. The lowest BCUT2D eigenvalue weighted by molar-refractivity contribution is 0.0135. The second kappa shape index (κ2) is 35.0. The summed E-state index contributed by atoms with van der Waals surface area (Å²) in [6.45, 7) is 10.4. The molecular formula is C59H76Cl4N14O9. The molecule has 86 heavy (non-hydrogen) atoms. The Kier molecular flexibility index (Phi) is 26.7. The van der Waals surface area contributed by atoms with Crippen molar-refractivity contribution >= 4 is 64.5 Å². The molecule has 4 heterocycles. The van der Waals surface area contributed by atoms with Crippen molar-refractivity contribution in [2.24, 2.45) is 0 Å². The highest BCUT2D eigenvalue weighted by atomic mass is 35.5. The molecule has 0 fully saturated rings. The van der Waals surface area contributed by atoms with Gasteiger partial charge in [0.25, 0.3) is 0 Å². The number of hydrogen-bond donors (Lipinski definition) is 6. The number of amides is 6. The first kappa shape index (κ1) is 65.8. The number of aromatic nitrogens is 6. The van der Waals surface area contributed by atoms with Gasteiger partial charge < -0.3 is 70.1 Å². The van der Waals surface area contributed by atoms with Crippen molar-refractivity contribution in [1.29, 1.82) is 0 Å². The number of nitrogens with zero attached hydrogens (tertiary/aromatic N) is 8. The number of benzene rings is 4. The highest BCUT2D eigenvalue weighted by molar-refractivity contribution is 6.35. The van der Waals surface area contributed by atoms with Crippen LogP contribution in [0, 0.1) is 0 Å². The van der Waals surface area contributed by atoms with Gasteiger partial charge >= 0.3 is 18.1 Å². The molecule has 6 N–H and O–H groups in total. The van der Waals surface area contributed by atoms with Crippen molar-refractivity contribution in [3.05, 3.63) is 139 Å². The lowest BCUT2D eigenvalue weighted by atomic mass is 9.84. The van der Waals surface area contributed by atoms with E-state index in [1.54, 1.807) is 9.36 Å². The zero-order chi connectivity index (χ0) is 60.5. The molecule has 0 bridgehead atoms. The van der Waals surface area contributed by atoms with Crippen molar-refractivity contribution < 1.29 is 42.8 Å². The first-order valence-electron chi connectivity index (χ1n) is 28.7. The van der Waals surface area contributed by atoms with Crippen LogP contribution in [0.5, 0.6) is 0 Å². The van der Waals surface area contributed by atoms with Gasteiger partial charge in [0, 0.05) is 109 Å². The summed E-state index contributed by atoms with van der Waals surface area (Å²) in [4.78, 5) is 40.8. The number of halogens is 4. The molecular weight excluding hydrogens is 1190 g/mol. The van der Waals surface area contributed by atoms with E-state index in [1.165, 1.54) is 0 Å². The summed E-state index contributed by atoms with van der Waals surface area (Å²) in [7, 11) is 4.19. The molecule has 2 aliphatic heterocycles. The number of ether oxygens (including phenoxy) is 6. The Morgan fingerprint density at radius 3 is 1.20 bits per heavy atom. The van der Waals surface area contributed by atoms with Crippen molar-refractivity contribution in [3.8, 4) is 22.5 Å². The molecule has 6 aromatic rings. The van der Waals surface area contributed by atoms with Crippen LogP contribution in [-0.2, 0) is 54.6 Å². The second-order valence-corrected chi connectivity index (χ2v) is 22.3. The second-order valence-electron chi connectivity index (χ2n) is 20.6. The summed E-state index contributed by atoms with van der Waals surface area (Å²) in [5.74, 6) is 0.251. The summed E-state index contributed by atoms with van der Waals surface area (Å²) in [6, 6.07) is 23.2. The van der Waals surface area contributed by atoms with Crippen molar-refractivity contribution in [2.45, 2.75) is 38.0 Å². The van der Waals surface area contributed by atoms with Crippen LogP contribution in [0.1, 0.15) is 45.2 Å². The molecule has 0 spiro atoms. The van der Waals surface area contributed by atoms with E-state index in [0.29, 0.717) is 126 Å². The van der Waals surface area contributed by atoms with Crippen LogP contribution in [-0.4, -0.2) is 204 Å². The number of urea groups is 3. The van der Waals surface area contributed by atoms with Gasteiger partial charge in [0.2, 0.25) is 0 Å². The Bertz CT molecular complexity index is 2920. The fraction of sp³-hybridized carbons (Fsp3) is 0.475. The molecule has 6 amide bonds. The molecule has 4 aromatic carbocycles. The van der Waals surface area contributed by atoms with Gasteiger partial charge in [-0.05, 0) is 83.9 Å². The molecule has 0 unspecified atom stereocenters. The van der Waals surface area contributed by atoms with Crippen LogP contribution < -0.4 is 31.9 Å². The Hall–Kier alpha value is -6.19. The smallest absolute Gasteiger partial charge is 0.314 e. The quantitative estimate of drug-likeness (QED) is 0.0231. The standard InChI is InChI=1S/C59H76Cl4N14O9/c1-74-35-49(47-31-45(60)33-53(62)51(47)37-74)41-5-3-7-43(29-41)55-39-76(72-70-55)15-19-83-23-27-85-25-21-81-17-13-68-58(79)66-11-9-64-57(78)65-10-12-67-59(80)69-14-18-82-22-26-86-28-24-84-20-16-77-40-56(71-73-77)44-8-4-6-42(30-44)50-36-75(2)38-52-48(50)32-46(61)34-54(52)63/h3-8,29-34,39-40,49-50H,9-28,35-38H2,1-2H3,(H2,64,65,78)(H2,66,68,79)(H2,67,69,80)/t49-,50-/m0/s1. The van der Waals surface area contributed by atoms with E-state index < -0.39 is 6.03 Å². The zero-order valence-corrected chi connectivity index (χ0v) is 51.5. The third-order valence-electron chi connectivity index (χ3n) is 14.1. The topological polar surface area (TPSA) is 247 Å². The summed E-state index contributed by atoms with van der Waals surface area (Å²) in [6.07, 6.45) is 3.83. The average Bonchev–Trinajstić information content (AvgIpc) is 1.22. The first-order chi connectivity index (χ1) is 41.9. The van der Waals surface area contributed by atoms with E-state index in [2.05, 4.69) is 101 Å². The highest BCUT2D eigenvalue weighted by Gasteiger charge is 2.29. The van der Waals surface area contributed by atoms with Crippen LogP contribution in [0.2, 0.25) is 20.1 Å². The fourth-order valence-electron chi connectivity index (χ4n) is 9.94. The number of nitrogens with one attached hydrogen (secondary N) is 6. The third kappa shape index (κ3) is 21.0. The van der Waals surface area contributed by atoms with E-state index >= 15 is 0 Å². The van der Waals surface area contributed by atoms with Crippen molar-refractivity contribution in [2.75, 3.05) is 146 Å². The summed E-state index contributed by atoms with van der Waals surface area (Å²) >= 11 is 26.0. The fourth-order valence-corrected chi connectivity index (χ4v) is 11.1. The minimum Gasteiger partial charge on any atom is -0.377 e. The zero-order valence-electron chi connectivity index (χ0n) is 48.5. The molecule has 2 aromatic heterocycles. The number of hydrogen-bond acceptors (Lipinski definition) is 15. The van der Waals surface area contributed by atoms with Gasteiger partial charge in [-0.2, -0.15) is 0 Å². The highest BCUT2D eigenvalue weighted by Crippen LogP contribution is 2.41. The van der Waals surface area contributed by atoms with Crippen LogP contribution in [0.15, 0.2) is 85.2 Å². The maximum atomic E-state index is 12.1. The molecule has 27 heteroatoms. The Balaban J connectivity index is 0.542. The first-order valence-corrected chi connectivity index (χ1v) is 30.2. The minimum atomic E-state index is -0.431. The van der Waals surface area contributed by atoms with E-state index in [-0.39, 0.29) is 50.1 Å². The van der Waals surface area contributed by atoms with E-state index in [0.717, 1.165) is 82.1 Å². The van der Waals surface area contributed by atoms with E-state index in [1.807, 2.05) is 60.9 Å². The molecule has 0 saturated heterocycles. The monoisotopic (exact) mass is 1260 g/mol. The number of rotatable bonds is 34. The molecule has 2 aliphatic rings. The van der Waals surface area contributed by atoms with Crippen LogP contribution in [0.3, 0.4) is 0 Å². The summed E-state index contributed by atoms with van der Waals surface area (Å²) < 4.78 is 37.3. The predicted octanol–water partition coefficient (Wildman–Crippen LogP) is 6.67. The predicted molar refractivity (Wildman–Crippen MR) is 329 cm³/mol. The minimum absolute atomic E-state index is 0.126. The molecule has 2 atom stereocenters. The van der Waals surface area contributed by atoms with Gasteiger partial charge in [-0.15, -0.1) is 10.2 Å². The van der Waals surface area contributed by atoms with E-state index in [4.69, 9.17) is 74.8 Å². The Labute approximate surface area is 521 Å². The molecule has 8 rings (SSSR count). The van der Waals surface area contributed by atoms with E-state index in [9.17, 15) is 14.4 Å². The number of likely N-dealkylation sites (N-methyl/N-ethyl adjacent to an activating group) is 2. The van der Waals surface area contributed by atoms with Gasteiger partial charge in [0.15, 0.2) is 0 Å². The largest absolute Gasteiger partial charge is 0.377 e. The molecule has 0 radical (unpaired) electrons. The number of carbonyl (C=O) groups is 3. The van der Waals surface area contributed by atoms with Crippen LogP contribution in [0.25, 0.3) is 22.5 Å². The van der Waals surface area contributed by atoms with Gasteiger partial charge in [0.1, 0.15) is 11.4 Å². The third-order valence-corrected chi connectivity index (χ3v) is 15.2. The van der Waals surface area contributed by atoms with Gasteiger partial charge in [-0.3, -0.25) is 0 Å². The normalized spacial score (nSPS) is 15.0. The molecule has 0 saturated carbocycles. The summed E-state index contributed by atoms with van der Waals surface area (Å²) in [5, 5.41) is 36.1.